The molecule has 0 saturated carbocycles. The van der Waals surface area contributed by atoms with Crippen LogP contribution in [-0.4, -0.2) is 43.8 Å². The molecule has 10 heteroatoms. The number of amides is 1. The Labute approximate surface area is 185 Å². The van der Waals surface area contributed by atoms with Gasteiger partial charge in [0.05, 0.1) is 11.7 Å². The zero-order chi connectivity index (χ0) is 23.2. The number of sulfonamides is 1. The minimum absolute atomic E-state index is 0.0108. The molecule has 0 aromatic heterocycles. The van der Waals surface area contributed by atoms with Gasteiger partial charge in [0.15, 0.2) is 0 Å². The van der Waals surface area contributed by atoms with E-state index in [4.69, 9.17) is 0 Å². The quantitative estimate of drug-likeness (QED) is 0.628. The van der Waals surface area contributed by atoms with Gasteiger partial charge in [0.25, 0.3) is 0 Å². The predicted molar refractivity (Wildman–Crippen MR) is 115 cm³/mol. The molecule has 1 atom stereocenters. The fourth-order valence-electron chi connectivity index (χ4n) is 3.63. The highest BCUT2D eigenvalue weighted by atomic mass is 32.2. The van der Waals surface area contributed by atoms with E-state index in [1.165, 1.54) is 16.4 Å². The van der Waals surface area contributed by atoms with Gasteiger partial charge >= 0.3 is 6.36 Å². The number of aryl methyl sites for hydroxylation is 1. The van der Waals surface area contributed by atoms with Crippen molar-refractivity contribution >= 4 is 21.6 Å². The molecular formula is C22H25F3N2O4S. The second-order valence-electron chi connectivity index (χ2n) is 7.66. The summed E-state index contributed by atoms with van der Waals surface area (Å²) in [5.41, 5.74) is 1.39. The van der Waals surface area contributed by atoms with Crippen molar-refractivity contribution in [3.05, 3.63) is 60.2 Å². The van der Waals surface area contributed by atoms with Crippen LogP contribution in [0.3, 0.4) is 0 Å². The Morgan fingerprint density at radius 2 is 1.78 bits per heavy atom. The van der Waals surface area contributed by atoms with Crippen LogP contribution < -0.4 is 10.1 Å². The number of piperidine rings is 1. The number of ether oxygens (including phenoxy) is 1. The van der Waals surface area contributed by atoms with E-state index in [0.29, 0.717) is 37.9 Å². The molecule has 2 aromatic carbocycles. The standard InChI is InChI=1S/C22H25F3N2O4S/c23-22(24,25)31-20-12-10-19(11-13-20)26-21(28)18-9-4-14-27(16-18)32(29,30)15-5-8-17-6-2-1-3-7-17/h1-3,6-7,10-13,18H,4-5,8-9,14-16H2,(H,26,28)/t18-/m1/s1. The molecule has 174 valence electrons. The molecule has 6 nitrogen and oxygen atoms in total. The molecule has 2 aromatic rings. The summed E-state index contributed by atoms with van der Waals surface area (Å²) in [6, 6.07) is 14.5. The van der Waals surface area contributed by atoms with Crippen LogP contribution in [0.1, 0.15) is 24.8 Å². The summed E-state index contributed by atoms with van der Waals surface area (Å²) in [6.07, 6.45) is -2.54. The normalized spacial score (nSPS) is 17.7. The molecule has 1 heterocycles. The van der Waals surface area contributed by atoms with E-state index in [9.17, 15) is 26.4 Å². The highest BCUT2D eigenvalue weighted by molar-refractivity contribution is 7.89. The highest BCUT2D eigenvalue weighted by Crippen LogP contribution is 2.25. The Balaban J connectivity index is 1.52. The van der Waals surface area contributed by atoms with Crippen LogP contribution in [0.4, 0.5) is 18.9 Å². The van der Waals surface area contributed by atoms with Crippen LogP contribution in [0.25, 0.3) is 0 Å². The molecule has 0 aliphatic carbocycles. The maximum Gasteiger partial charge on any atom is 0.573 e. The largest absolute Gasteiger partial charge is 0.573 e. The summed E-state index contributed by atoms with van der Waals surface area (Å²) < 4.78 is 67.4. The van der Waals surface area contributed by atoms with E-state index < -0.39 is 22.3 Å². The maximum absolute atomic E-state index is 12.7. The lowest BCUT2D eigenvalue weighted by atomic mass is 9.99. The molecule has 1 amide bonds. The topological polar surface area (TPSA) is 75.7 Å². The van der Waals surface area contributed by atoms with Gasteiger partial charge in [-0.3, -0.25) is 4.79 Å². The van der Waals surface area contributed by atoms with E-state index in [1.807, 2.05) is 30.3 Å². The van der Waals surface area contributed by atoms with Crippen molar-refractivity contribution in [2.24, 2.45) is 5.92 Å². The summed E-state index contributed by atoms with van der Waals surface area (Å²) in [6.45, 7) is 0.468. The van der Waals surface area contributed by atoms with Crippen LogP contribution >= 0.6 is 0 Å². The number of halogens is 3. The van der Waals surface area contributed by atoms with Crippen LogP contribution in [-0.2, 0) is 21.2 Å². The summed E-state index contributed by atoms with van der Waals surface area (Å²) in [7, 11) is -3.49. The molecule has 1 N–H and O–H groups in total. The van der Waals surface area contributed by atoms with E-state index >= 15 is 0 Å². The van der Waals surface area contributed by atoms with E-state index in [1.54, 1.807) is 0 Å². The van der Waals surface area contributed by atoms with Crippen molar-refractivity contribution in [2.45, 2.75) is 32.0 Å². The smallest absolute Gasteiger partial charge is 0.406 e. The van der Waals surface area contributed by atoms with E-state index in [0.717, 1.165) is 17.7 Å². The average Bonchev–Trinajstić information content (AvgIpc) is 2.75. The first-order valence-corrected chi connectivity index (χ1v) is 11.9. The molecule has 0 unspecified atom stereocenters. The number of nitrogens with zero attached hydrogens (tertiary/aromatic N) is 1. The van der Waals surface area contributed by atoms with E-state index in [-0.39, 0.29) is 24.0 Å². The maximum atomic E-state index is 12.7. The molecular weight excluding hydrogens is 445 g/mol. The van der Waals surface area contributed by atoms with E-state index in [2.05, 4.69) is 10.1 Å². The molecule has 1 aliphatic rings. The molecule has 0 bridgehead atoms. The first-order chi connectivity index (χ1) is 15.1. The van der Waals surface area contributed by atoms with Crippen molar-refractivity contribution in [1.82, 2.24) is 4.31 Å². The first kappa shape index (κ1) is 24.1. The van der Waals surface area contributed by atoms with Gasteiger partial charge in [-0.2, -0.15) is 0 Å². The molecule has 1 saturated heterocycles. The summed E-state index contributed by atoms with van der Waals surface area (Å²) in [5.74, 6) is -1.27. The van der Waals surface area contributed by atoms with Crippen molar-refractivity contribution in [3.63, 3.8) is 0 Å². The predicted octanol–water partition coefficient (Wildman–Crippen LogP) is 4.20. The molecule has 1 aliphatic heterocycles. The lowest BCUT2D eigenvalue weighted by Crippen LogP contribution is -2.44. The number of alkyl halides is 3. The fourth-order valence-corrected chi connectivity index (χ4v) is 5.21. The SMILES string of the molecule is O=C(Nc1ccc(OC(F)(F)F)cc1)[C@@H]1CCCN(S(=O)(=O)CCCc2ccccc2)C1. The lowest BCUT2D eigenvalue weighted by Gasteiger charge is -2.31. The zero-order valence-corrected chi connectivity index (χ0v) is 18.2. The monoisotopic (exact) mass is 470 g/mol. The summed E-state index contributed by atoms with van der Waals surface area (Å²) in [4.78, 5) is 12.6. The Morgan fingerprint density at radius 1 is 1.09 bits per heavy atom. The minimum Gasteiger partial charge on any atom is -0.406 e. The van der Waals surface area contributed by atoms with Crippen LogP contribution in [0.2, 0.25) is 0 Å². The summed E-state index contributed by atoms with van der Waals surface area (Å²) in [5, 5.41) is 2.64. The second kappa shape index (κ2) is 10.4. The van der Waals surface area contributed by atoms with Gasteiger partial charge in [-0.25, -0.2) is 12.7 Å². The third-order valence-electron chi connectivity index (χ3n) is 5.21. The van der Waals surface area contributed by atoms with Crippen molar-refractivity contribution in [1.29, 1.82) is 0 Å². The average molecular weight is 471 g/mol. The first-order valence-electron chi connectivity index (χ1n) is 10.3. The molecule has 32 heavy (non-hydrogen) atoms. The Hall–Kier alpha value is -2.59. The van der Waals surface area contributed by atoms with Gasteiger partial charge in [-0.05, 0) is 55.5 Å². The number of hydrogen-bond donors (Lipinski definition) is 1. The van der Waals surface area contributed by atoms with Gasteiger partial charge in [-0.1, -0.05) is 30.3 Å². The number of nitrogens with one attached hydrogen (secondary N) is 1. The fraction of sp³-hybridized carbons (Fsp3) is 0.409. The van der Waals surface area contributed by atoms with Gasteiger partial charge in [0.1, 0.15) is 5.75 Å². The van der Waals surface area contributed by atoms with Crippen LogP contribution in [0.15, 0.2) is 54.6 Å². The van der Waals surface area contributed by atoms with Crippen molar-refractivity contribution in [3.8, 4) is 5.75 Å². The third kappa shape index (κ3) is 7.23. The van der Waals surface area contributed by atoms with Crippen molar-refractivity contribution in [2.75, 3.05) is 24.2 Å². The van der Waals surface area contributed by atoms with Gasteiger partial charge in [-0.15, -0.1) is 13.2 Å². The number of hydrogen-bond acceptors (Lipinski definition) is 4. The molecule has 0 spiro atoms. The Kier molecular flexibility index (Phi) is 7.78. The van der Waals surface area contributed by atoms with Crippen molar-refractivity contribution < 1.29 is 31.1 Å². The molecule has 1 fully saturated rings. The number of rotatable bonds is 8. The van der Waals surface area contributed by atoms with Gasteiger partial charge in [0.2, 0.25) is 15.9 Å². The van der Waals surface area contributed by atoms with Crippen LogP contribution in [0.5, 0.6) is 5.75 Å². The number of carbonyl (C=O) groups is 1. The highest BCUT2D eigenvalue weighted by Gasteiger charge is 2.33. The minimum atomic E-state index is -4.79. The number of carbonyl (C=O) groups excluding carboxylic acids is 1. The Bertz CT molecular complexity index is 996. The third-order valence-corrected chi connectivity index (χ3v) is 7.14. The van der Waals surface area contributed by atoms with Gasteiger partial charge in [0, 0.05) is 18.8 Å². The molecule has 0 radical (unpaired) electrons. The number of anilines is 1. The van der Waals surface area contributed by atoms with Crippen LogP contribution in [0, 0.1) is 5.92 Å². The second-order valence-corrected chi connectivity index (χ2v) is 9.75. The lowest BCUT2D eigenvalue weighted by molar-refractivity contribution is -0.274. The Morgan fingerprint density at radius 3 is 2.44 bits per heavy atom. The molecule has 3 rings (SSSR count). The number of benzene rings is 2. The zero-order valence-electron chi connectivity index (χ0n) is 17.3. The summed E-state index contributed by atoms with van der Waals surface area (Å²) >= 11 is 0. The van der Waals surface area contributed by atoms with Gasteiger partial charge < -0.3 is 10.1 Å².